The lowest BCUT2D eigenvalue weighted by Gasteiger charge is -2.10. The summed E-state index contributed by atoms with van der Waals surface area (Å²) in [5.74, 6) is -7.00. The number of benzene rings is 2. The molecule has 0 saturated carbocycles. The molecule has 2 aromatic carbocycles. The van der Waals surface area contributed by atoms with Crippen molar-refractivity contribution in [1.82, 2.24) is 4.72 Å². The molecule has 2 N–H and O–H groups in total. The number of carbonyl (C=O) groups excluding carboxylic acids is 1. The van der Waals surface area contributed by atoms with Crippen molar-refractivity contribution in [3.63, 3.8) is 0 Å². The number of halogens is 4. The van der Waals surface area contributed by atoms with Crippen molar-refractivity contribution in [3.05, 3.63) is 71.8 Å². The maximum absolute atomic E-state index is 13.8. The summed E-state index contributed by atoms with van der Waals surface area (Å²) in [7, 11) is -4.26. The lowest BCUT2D eigenvalue weighted by Crippen LogP contribution is -2.25. The summed E-state index contributed by atoms with van der Waals surface area (Å²) in [5.41, 5.74) is -0.998. The molecule has 0 atom stereocenters. The van der Waals surface area contributed by atoms with Crippen LogP contribution in [0.4, 0.5) is 23.2 Å². The minimum Gasteiger partial charge on any atom is -0.319 e. The van der Waals surface area contributed by atoms with E-state index in [0.717, 1.165) is 24.3 Å². The Morgan fingerprint density at radius 3 is 2.35 bits per heavy atom. The van der Waals surface area contributed by atoms with Gasteiger partial charge in [0, 0.05) is 12.1 Å². The van der Waals surface area contributed by atoms with Crippen LogP contribution in [0.1, 0.15) is 10.4 Å². The summed E-state index contributed by atoms with van der Waals surface area (Å²) in [6, 6.07) is 3.81. The molecule has 26 heavy (non-hydrogen) atoms. The first-order valence-corrected chi connectivity index (χ1v) is 8.50. The van der Waals surface area contributed by atoms with E-state index in [9.17, 15) is 30.8 Å². The van der Waals surface area contributed by atoms with Crippen molar-refractivity contribution in [2.45, 2.75) is 4.90 Å². The monoisotopic (exact) mass is 388 g/mol. The summed E-state index contributed by atoms with van der Waals surface area (Å²) in [6.07, 6.45) is 1.23. The number of rotatable bonds is 6. The predicted octanol–water partition coefficient (Wildman–Crippen LogP) is 2.96. The summed E-state index contributed by atoms with van der Waals surface area (Å²) in [4.78, 5) is 11.3. The Bertz CT molecular complexity index is 978. The number of carbonyl (C=O) groups is 1. The molecule has 0 aliphatic heterocycles. The Morgan fingerprint density at radius 1 is 1.04 bits per heavy atom. The van der Waals surface area contributed by atoms with Gasteiger partial charge in [-0.25, -0.2) is 30.7 Å². The molecule has 0 radical (unpaired) electrons. The highest BCUT2D eigenvalue weighted by Crippen LogP contribution is 2.21. The van der Waals surface area contributed by atoms with E-state index in [-0.39, 0.29) is 12.1 Å². The van der Waals surface area contributed by atoms with E-state index in [1.807, 2.05) is 10.0 Å². The van der Waals surface area contributed by atoms with Crippen LogP contribution < -0.4 is 10.0 Å². The van der Waals surface area contributed by atoms with Gasteiger partial charge in [-0.1, -0.05) is 6.08 Å². The maximum Gasteiger partial charge on any atom is 0.255 e. The normalized spacial score (nSPS) is 11.2. The fourth-order valence-corrected chi connectivity index (χ4v) is 3.01. The third-order valence-corrected chi connectivity index (χ3v) is 4.62. The second-order valence-corrected chi connectivity index (χ2v) is 6.70. The number of hydrogen-bond donors (Lipinski definition) is 2. The fourth-order valence-electron chi connectivity index (χ4n) is 1.91. The number of amides is 1. The summed E-state index contributed by atoms with van der Waals surface area (Å²) >= 11 is 0. The minimum absolute atomic E-state index is 0.168. The van der Waals surface area contributed by atoms with E-state index in [2.05, 4.69) is 6.58 Å². The van der Waals surface area contributed by atoms with E-state index in [1.54, 1.807) is 0 Å². The molecule has 0 aromatic heterocycles. The average molecular weight is 388 g/mol. The highest BCUT2D eigenvalue weighted by molar-refractivity contribution is 7.89. The number of nitrogens with one attached hydrogen (secondary N) is 2. The second-order valence-electron chi connectivity index (χ2n) is 4.96. The van der Waals surface area contributed by atoms with Crippen LogP contribution >= 0.6 is 0 Å². The van der Waals surface area contributed by atoms with Crippen LogP contribution in [0.5, 0.6) is 0 Å². The molecule has 0 spiro atoms. The topological polar surface area (TPSA) is 75.3 Å². The van der Waals surface area contributed by atoms with Gasteiger partial charge in [0.1, 0.15) is 10.7 Å². The summed E-state index contributed by atoms with van der Waals surface area (Å²) < 4.78 is 79.5. The summed E-state index contributed by atoms with van der Waals surface area (Å²) in [6.45, 7) is 3.15. The molecule has 0 aliphatic carbocycles. The molecule has 0 aliphatic rings. The highest BCUT2D eigenvalue weighted by Gasteiger charge is 2.21. The Labute approximate surface area is 146 Å². The maximum atomic E-state index is 13.8. The van der Waals surface area contributed by atoms with Crippen molar-refractivity contribution in [1.29, 1.82) is 0 Å². The Kier molecular flexibility index (Phi) is 5.78. The van der Waals surface area contributed by atoms with Gasteiger partial charge in [0.25, 0.3) is 5.91 Å². The van der Waals surface area contributed by atoms with Gasteiger partial charge in [0.15, 0.2) is 17.5 Å². The van der Waals surface area contributed by atoms with Crippen molar-refractivity contribution in [2.24, 2.45) is 0 Å². The lowest BCUT2D eigenvalue weighted by molar-refractivity contribution is 0.102. The van der Waals surface area contributed by atoms with Crippen LogP contribution in [0.15, 0.2) is 47.9 Å². The first kappa shape index (κ1) is 19.6. The molecule has 1 amide bonds. The van der Waals surface area contributed by atoms with Crippen molar-refractivity contribution >= 4 is 21.6 Å². The standard InChI is InChI=1S/C16H12F4N2O3S/c1-2-7-21-26(24,25)13-8-9(3-4-10(13)17)16(23)22-12-6-5-11(18)14(19)15(12)20/h2-6,8,21H,1,7H2,(H,22,23). The molecule has 0 heterocycles. The molecule has 0 saturated heterocycles. The molecule has 0 fully saturated rings. The van der Waals surface area contributed by atoms with Gasteiger partial charge >= 0.3 is 0 Å². The highest BCUT2D eigenvalue weighted by atomic mass is 32.2. The van der Waals surface area contributed by atoms with E-state index >= 15 is 0 Å². The molecule has 2 rings (SSSR count). The zero-order chi connectivity index (χ0) is 19.5. The van der Waals surface area contributed by atoms with Gasteiger partial charge in [-0.2, -0.15) is 0 Å². The Balaban J connectivity index is 2.35. The van der Waals surface area contributed by atoms with Crippen molar-refractivity contribution in [2.75, 3.05) is 11.9 Å². The molecule has 5 nitrogen and oxygen atoms in total. The molecular formula is C16H12F4N2O3S. The molecule has 10 heteroatoms. The van der Waals surface area contributed by atoms with E-state index < -0.39 is 49.8 Å². The van der Waals surface area contributed by atoms with Gasteiger partial charge in [0.2, 0.25) is 10.0 Å². The zero-order valence-corrected chi connectivity index (χ0v) is 13.8. The molecule has 2 aromatic rings. The average Bonchev–Trinajstić information content (AvgIpc) is 2.60. The molecule has 138 valence electrons. The first-order valence-electron chi connectivity index (χ1n) is 7.02. The third kappa shape index (κ3) is 4.09. The third-order valence-electron chi connectivity index (χ3n) is 3.18. The zero-order valence-electron chi connectivity index (χ0n) is 13.0. The molecule has 0 unspecified atom stereocenters. The van der Waals surface area contributed by atoms with Gasteiger partial charge in [-0.3, -0.25) is 4.79 Å². The summed E-state index contributed by atoms with van der Waals surface area (Å²) in [5, 5.41) is 1.96. The van der Waals surface area contributed by atoms with Crippen molar-refractivity contribution in [3.8, 4) is 0 Å². The number of hydrogen-bond acceptors (Lipinski definition) is 3. The van der Waals surface area contributed by atoms with Gasteiger partial charge < -0.3 is 5.32 Å². The van der Waals surface area contributed by atoms with Gasteiger partial charge in [0.05, 0.1) is 5.69 Å². The van der Waals surface area contributed by atoms with Crippen LogP contribution in [0.2, 0.25) is 0 Å². The SMILES string of the molecule is C=CCNS(=O)(=O)c1cc(C(=O)Nc2ccc(F)c(F)c2F)ccc1F. The van der Waals surface area contributed by atoms with Crippen LogP contribution in [0.25, 0.3) is 0 Å². The quantitative estimate of drug-likeness (QED) is 0.454. The van der Waals surface area contributed by atoms with Crippen LogP contribution in [-0.2, 0) is 10.0 Å². The molecular weight excluding hydrogens is 376 g/mol. The largest absolute Gasteiger partial charge is 0.319 e. The smallest absolute Gasteiger partial charge is 0.255 e. The van der Waals surface area contributed by atoms with E-state index in [1.165, 1.54) is 6.08 Å². The predicted molar refractivity (Wildman–Crippen MR) is 86.1 cm³/mol. The first-order chi connectivity index (χ1) is 12.2. The number of sulfonamides is 1. The Morgan fingerprint density at radius 2 is 1.69 bits per heavy atom. The van der Waals surface area contributed by atoms with E-state index in [0.29, 0.717) is 6.07 Å². The van der Waals surface area contributed by atoms with Crippen LogP contribution in [-0.4, -0.2) is 20.9 Å². The molecule has 0 bridgehead atoms. The van der Waals surface area contributed by atoms with E-state index in [4.69, 9.17) is 0 Å². The lowest BCUT2D eigenvalue weighted by atomic mass is 10.2. The van der Waals surface area contributed by atoms with Crippen molar-refractivity contribution < 1.29 is 30.8 Å². The Hall–Kier alpha value is -2.72. The number of anilines is 1. The fraction of sp³-hybridized carbons (Fsp3) is 0.0625. The van der Waals surface area contributed by atoms with Crippen LogP contribution in [0, 0.1) is 23.3 Å². The second kappa shape index (κ2) is 7.67. The minimum atomic E-state index is -4.26. The van der Waals surface area contributed by atoms with Gasteiger partial charge in [-0.05, 0) is 30.3 Å². The van der Waals surface area contributed by atoms with Gasteiger partial charge in [-0.15, -0.1) is 6.58 Å². The van der Waals surface area contributed by atoms with Crippen LogP contribution in [0.3, 0.4) is 0 Å².